The lowest BCUT2D eigenvalue weighted by Gasteiger charge is -2.35. The Morgan fingerprint density at radius 3 is 2.38 bits per heavy atom. The van der Waals surface area contributed by atoms with Gasteiger partial charge < -0.3 is 29.3 Å². The van der Waals surface area contributed by atoms with Crippen LogP contribution in [0.5, 0.6) is 23.1 Å². The fraction of sp³-hybridized carbons (Fsp3) is 0.265. The van der Waals surface area contributed by atoms with Crippen LogP contribution < -0.4 is 24.4 Å². The van der Waals surface area contributed by atoms with Crippen LogP contribution in [0.25, 0.3) is 0 Å². The summed E-state index contributed by atoms with van der Waals surface area (Å²) in [6.45, 7) is 3.68. The molecule has 1 saturated heterocycles. The summed E-state index contributed by atoms with van der Waals surface area (Å²) in [6.07, 6.45) is -3.22. The number of likely N-dealkylation sites (N-methyl/N-ethyl adjacent to an activating group) is 1. The molecule has 3 aromatic carbocycles. The van der Waals surface area contributed by atoms with Crippen molar-refractivity contribution in [2.45, 2.75) is 12.7 Å². The van der Waals surface area contributed by atoms with Crippen LogP contribution in [0.1, 0.15) is 21.5 Å². The number of amides is 2. The lowest BCUT2D eigenvalue weighted by Crippen LogP contribution is -2.50. The average molecular weight is 666 g/mol. The molecule has 1 N–H and O–H groups in total. The van der Waals surface area contributed by atoms with Gasteiger partial charge in [0.05, 0.1) is 24.0 Å². The van der Waals surface area contributed by atoms with E-state index in [4.69, 9.17) is 14.2 Å². The van der Waals surface area contributed by atoms with Gasteiger partial charge in [0, 0.05) is 63.2 Å². The minimum atomic E-state index is -4.50. The Morgan fingerprint density at radius 2 is 1.69 bits per heavy atom. The van der Waals surface area contributed by atoms with Gasteiger partial charge in [0.15, 0.2) is 23.1 Å². The molecular formula is C34H31F4N5O5. The molecule has 0 unspecified atom stereocenters. The lowest BCUT2D eigenvalue weighted by atomic mass is 10.1. The predicted octanol–water partition coefficient (Wildman–Crippen LogP) is 5.79. The molecule has 4 aromatic rings. The van der Waals surface area contributed by atoms with Gasteiger partial charge in [-0.1, -0.05) is 6.07 Å². The van der Waals surface area contributed by atoms with Crippen LogP contribution in [0.15, 0.2) is 79.0 Å². The summed E-state index contributed by atoms with van der Waals surface area (Å²) in [6, 6.07) is 16.9. The summed E-state index contributed by atoms with van der Waals surface area (Å²) < 4.78 is 69.7. The highest BCUT2D eigenvalue weighted by atomic mass is 19.4. The summed E-state index contributed by atoms with van der Waals surface area (Å²) in [4.78, 5) is 35.3. The highest BCUT2D eigenvalue weighted by Gasteiger charge is 2.30. The van der Waals surface area contributed by atoms with Crippen molar-refractivity contribution in [3.8, 4) is 23.1 Å². The smallest absolute Gasteiger partial charge is 0.416 e. The molecule has 0 spiro atoms. The fourth-order valence-electron chi connectivity index (χ4n) is 5.30. The number of hydrogen-bond donors (Lipinski definition) is 1. The maximum Gasteiger partial charge on any atom is 0.416 e. The molecule has 14 heteroatoms. The van der Waals surface area contributed by atoms with E-state index < -0.39 is 23.5 Å². The largest absolute Gasteiger partial charge is 0.454 e. The normalized spacial score (nSPS) is 14.5. The van der Waals surface area contributed by atoms with Gasteiger partial charge in [0.1, 0.15) is 0 Å². The molecule has 1 fully saturated rings. The van der Waals surface area contributed by atoms with Crippen LogP contribution in [-0.4, -0.2) is 73.2 Å². The van der Waals surface area contributed by atoms with E-state index in [-0.39, 0.29) is 42.1 Å². The molecule has 2 amide bonds. The molecule has 48 heavy (non-hydrogen) atoms. The summed E-state index contributed by atoms with van der Waals surface area (Å²) >= 11 is 0. The van der Waals surface area contributed by atoms with Crippen LogP contribution >= 0.6 is 0 Å². The van der Waals surface area contributed by atoms with E-state index in [2.05, 4.69) is 15.2 Å². The number of halogens is 4. The Labute approximate surface area is 273 Å². The summed E-state index contributed by atoms with van der Waals surface area (Å²) in [5, 5.41) is 2.54. The Kier molecular flexibility index (Phi) is 9.35. The third kappa shape index (κ3) is 7.77. The minimum absolute atomic E-state index is 0.0357. The number of alkyl halides is 3. The molecule has 0 saturated carbocycles. The maximum absolute atomic E-state index is 15.0. The topological polar surface area (TPSA) is 96.5 Å². The highest BCUT2D eigenvalue weighted by Crippen LogP contribution is 2.33. The number of pyridine rings is 1. The van der Waals surface area contributed by atoms with Crippen LogP contribution in [-0.2, 0) is 17.5 Å². The standard InChI is InChI=1S/C34H31F4N5O5/c1-41(20-32(44)43-14-12-42(13-15-43)19-22-2-9-29-30(16-22)47-21-46-29)26-8-10-28(27(35)17-26)48-31-11-7-25(18-39-31)40-33(45)23-3-5-24(6-4-23)34(36,37)38/h2-11,16-18H,12-15,19-21H2,1H3,(H,40,45). The van der Waals surface area contributed by atoms with E-state index in [0.29, 0.717) is 18.8 Å². The second-order valence-electron chi connectivity index (χ2n) is 11.3. The van der Waals surface area contributed by atoms with E-state index in [1.807, 2.05) is 23.1 Å². The second-order valence-corrected chi connectivity index (χ2v) is 11.3. The van der Waals surface area contributed by atoms with Crippen molar-refractivity contribution in [2.24, 2.45) is 0 Å². The van der Waals surface area contributed by atoms with Gasteiger partial charge in [-0.15, -0.1) is 0 Å². The van der Waals surface area contributed by atoms with Crippen LogP contribution in [0.4, 0.5) is 28.9 Å². The molecule has 6 rings (SSSR count). The first-order chi connectivity index (χ1) is 23.0. The van der Waals surface area contributed by atoms with Gasteiger partial charge in [-0.25, -0.2) is 9.37 Å². The summed E-state index contributed by atoms with van der Waals surface area (Å²) in [5.74, 6) is 0.111. The Morgan fingerprint density at radius 1 is 0.938 bits per heavy atom. The molecule has 10 nitrogen and oxygen atoms in total. The molecule has 2 aliphatic heterocycles. The van der Waals surface area contributed by atoms with Crippen LogP contribution in [0, 0.1) is 5.82 Å². The predicted molar refractivity (Wildman–Crippen MR) is 168 cm³/mol. The molecular weight excluding hydrogens is 634 g/mol. The lowest BCUT2D eigenvalue weighted by molar-refractivity contribution is -0.137. The fourth-order valence-corrected chi connectivity index (χ4v) is 5.30. The molecule has 2 aliphatic rings. The summed E-state index contributed by atoms with van der Waals surface area (Å²) in [7, 11) is 1.71. The Bertz CT molecular complexity index is 1780. The molecule has 3 heterocycles. The number of rotatable bonds is 9. The van der Waals surface area contributed by atoms with E-state index in [9.17, 15) is 22.8 Å². The quantitative estimate of drug-likeness (QED) is 0.225. The van der Waals surface area contributed by atoms with Gasteiger partial charge in [-0.3, -0.25) is 14.5 Å². The first-order valence-electron chi connectivity index (χ1n) is 15.0. The Hall–Kier alpha value is -5.37. The molecule has 0 radical (unpaired) electrons. The molecule has 1 aromatic heterocycles. The van der Waals surface area contributed by atoms with Gasteiger partial charge in [-0.2, -0.15) is 13.2 Å². The first kappa shape index (κ1) is 32.6. The number of hydrogen-bond acceptors (Lipinski definition) is 8. The number of carbonyl (C=O) groups is 2. The average Bonchev–Trinajstić information content (AvgIpc) is 3.54. The highest BCUT2D eigenvalue weighted by molar-refractivity contribution is 6.04. The molecule has 250 valence electrons. The van der Waals surface area contributed by atoms with Gasteiger partial charge in [0.25, 0.3) is 5.91 Å². The van der Waals surface area contributed by atoms with E-state index in [1.165, 1.54) is 30.5 Å². The van der Waals surface area contributed by atoms with Crippen molar-refractivity contribution in [3.63, 3.8) is 0 Å². The number of nitrogens with zero attached hydrogens (tertiary/aromatic N) is 4. The van der Waals surface area contributed by atoms with Crippen LogP contribution in [0.3, 0.4) is 0 Å². The zero-order chi connectivity index (χ0) is 33.8. The van der Waals surface area contributed by atoms with Gasteiger partial charge in [-0.05, 0) is 60.2 Å². The number of carbonyl (C=O) groups excluding carboxylic acids is 2. The third-order valence-electron chi connectivity index (χ3n) is 7.98. The molecule has 0 aliphatic carbocycles. The van der Waals surface area contributed by atoms with Gasteiger partial charge in [0.2, 0.25) is 18.6 Å². The van der Waals surface area contributed by atoms with E-state index >= 15 is 4.39 Å². The van der Waals surface area contributed by atoms with Crippen molar-refractivity contribution >= 4 is 23.2 Å². The minimum Gasteiger partial charge on any atom is -0.454 e. The number of anilines is 2. The number of nitrogens with one attached hydrogen (secondary N) is 1. The monoisotopic (exact) mass is 665 g/mol. The van der Waals surface area contributed by atoms with E-state index in [0.717, 1.165) is 61.0 Å². The number of piperazine rings is 1. The van der Waals surface area contributed by atoms with Crippen molar-refractivity contribution in [3.05, 3.63) is 102 Å². The SMILES string of the molecule is CN(CC(=O)N1CCN(Cc2ccc3c(c2)OCO3)CC1)c1ccc(Oc2ccc(NC(=O)c3ccc(C(F)(F)F)cc3)cn2)c(F)c1. The molecule has 0 atom stereocenters. The number of benzene rings is 3. The number of fused-ring (bicyclic) bond motifs is 1. The van der Waals surface area contributed by atoms with Crippen molar-refractivity contribution in [2.75, 3.05) is 56.8 Å². The number of ether oxygens (including phenoxy) is 3. The van der Waals surface area contributed by atoms with Crippen molar-refractivity contribution in [1.29, 1.82) is 0 Å². The second kappa shape index (κ2) is 13.8. The van der Waals surface area contributed by atoms with Crippen molar-refractivity contribution < 1.29 is 41.4 Å². The molecule has 0 bridgehead atoms. The zero-order valence-electron chi connectivity index (χ0n) is 25.8. The van der Waals surface area contributed by atoms with E-state index in [1.54, 1.807) is 18.0 Å². The zero-order valence-corrected chi connectivity index (χ0v) is 25.8. The van der Waals surface area contributed by atoms with Gasteiger partial charge >= 0.3 is 6.18 Å². The third-order valence-corrected chi connectivity index (χ3v) is 7.98. The summed E-state index contributed by atoms with van der Waals surface area (Å²) in [5.41, 5.74) is 1.05. The Balaban J connectivity index is 0.969. The maximum atomic E-state index is 15.0. The van der Waals surface area contributed by atoms with Crippen LogP contribution in [0.2, 0.25) is 0 Å². The van der Waals surface area contributed by atoms with Crippen molar-refractivity contribution in [1.82, 2.24) is 14.8 Å². The number of aromatic nitrogens is 1. The first-order valence-corrected chi connectivity index (χ1v) is 15.0.